The highest BCUT2D eigenvalue weighted by Gasteiger charge is 2.33. The van der Waals surface area contributed by atoms with E-state index in [0.717, 1.165) is 12.7 Å². The van der Waals surface area contributed by atoms with Crippen molar-refractivity contribution in [2.24, 2.45) is 0 Å². The summed E-state index contributed by atoms with van der Waals surface area (Å²) in [4.78, 5) is 21.7. The Labute approximate surface area is 116 Å². The van der Waals surface area contributed by atoms with E-state index in [1.165, 1.54) is 19.1 Å². The summed E-state index contributed by atoms with van der Waals surface area (Å²) in [5.41, 5.74) is -1.28. The van der Waals surface area contributed by atoms with Gasteiger partial charge in [0.25, 0.3) is 0 Å². The van der Waals surface area contributed by atoms with Crippen molar-refractivity contribution in [3.05, 3.63) is 33.9 Å². The fourth-order valence-electron chi connectivity index (χ4n) is 1.54. The number of rotatable bonds is 6. The summed E-state index contributed by atoms with van der Waals surface area (Å²) in [6.45, 7) is 2.65. The Morgan fingerprint density at radius 2 is 2.15 bits per heavy atom. The van der Waals surface area contributed by atoms with Crippen LogP contribution in [-0.4, -0.2) is 35.3 Å². The van der Waals surface area contributed by atoms with E-state index in [1.54, 1.807) is 6.07 Å². The van der Waals surface area contributed by atoms with Gasteiger partial charge in [0, 0.05) is 6.07 Å². The number of methoxy groups -OCH3 is 1. The van der Waals surface area contributed by atoms with Crippen molar-refractivity contribution in [1.82, 2.24) is 0 Å². The lowest BCUT2D eigenvalue weighted by atomic mass is 10.1. The molecular weight excluding hydrogens is 266 g/mol. The number of ether oxygens (including phenoxy) is 2. The molecule has 0 amide bonds. The van der Waals surface area contributed by atoms with Crippen molar-refractivity contribution < 1.29 is 24.3 Å². The number of nitro benzene ring substituents is 1. The van der Waals surface area contributed by atoms with E-state index < -0.39 is 23.1 Å². The number of benzene rings is 1. The number of hydrogen-bond donors (Lipinski definition) is 1. The highest BCUT2D eigenvalue weighted by Crippen LogP contribution is 2.29. The Morgan fingerprint density at radius 1 is 1.50 bits per heavy atom. The molecule has 0 heterocycles. The molecule has 1 atom stereocenters. The average molecular weight is 283 g/mol. The van der Waals surface area contributed by atoms with Gasteiger partial charge in [-0.2, -0.15) is 0 Å². The summed E-state index contributed by atoms with van der Waals surface area (Å²) in [5.74, 6) is -0.873. The predicted molar refractivity (Wildman–Crippen MR) is 70.6 cm³/mol. The number of aliphatic hydroxyl groups is 1. The molecular formula is C13H17NO6. The van der Waals surface area contributed by atoms with E-state index in [4.69, 9.17) is 4.74 Å². The zero-order valence-corrected chi connectivity index (χ0v) is 11.6. The topological polar surface area (TPSA) is 98.9 Å². The first-order chi connectivity index (χ1) is 9.31. The van der Waals surface area contributed by atoms with E-state index in [0.29, 0.717) is 6.42 Å². The maximum absolute atomic E-state index is 11.3. The molecule has 110 valence electrons. The molecule has 0 aromatic heterocycles. The van der Waals surface area contributed by atoms with Crippen LogP contribution in [0.3, 0.4) is 0 Å². The van der Waals surface area contributed by atoms with Crippen molar-refractivity contribution in [2.45, 2.75) is 25.9 Å². The number of carbonyl (C=O) groups excluding carboxylic acids is 1. The first-order valence-electron chi connectivity index (χ1n) is 6.02. The maximum Gasteiger partial charge on any atom is 0.341 e. The average Bonchev–Trinajstić information content (AvgIpc) is 2.43. The number of nitro groups is 1. The number of hydrogen-bond acceptors (Lipinski definition) is 6. The second kappa shape index (κ2) is 6.33. The minimum Gasteiger partial charge on any atom is -0.483 e. The summed E-state index contributed by atoms with van der Waals surface area (Å²) in [6, 6.07) is 4.54. The summed E-state index contributed by atoms with van der Waals surface area (Å²) in [6.07, 6.45) is 0.654. The van der Waals surface area contributed by atoms with E-state index in [1.807, 2.05) is 6.92 Å². The summed E-state index contributed by atoms with van der Waals surface area (Å²) in [7, 11) is 1.13. The van der Waals surface area contributed by atoms with Crippen LogP contribution in [0.15, 0.2) is 18.2 Å². The van der Waals surface area contributed by atoms with Crippen LogP contribution in [0, 0.1) is 10.1 Å². The van der Waals surface area contributed by atoms with Crippen molar-refractivity contribution in [3.8, 4) is 5.75 Å². The van der Waals surface area contributed by atoms with E-state index in [9.17, 15) is 20.0 Å². The van der Waals surface area contributed by atoms with Crippen molar-refractivity contribution in [2.75, 3.05) is 13.7 Å². The van der Waals surface area contributed by atoms with E-state index in [2.05, 4.69) is 4.74 Å². The van der Waals surface area contributed by atoms with Gasteiger partial charge in [-0.1, -0.05) is 13.0 Å². The molecule has 0 saturated heterocycles. The molecule has 1 unspecified atom stereocenters. The van der Waals surface area contributed by atoms with Crippen LogP contribution in [0.4, 0.5) is 5.69 Å². The molecule has 0 aliphatic carbocycles. The summed E-state index contributed by atoms with van der Waals surface area (Å²) < 4.78 is 9.61. The molecule has 1 aromatic carbocycles. The van der Waals surface area contributed by atoms with Crippen LogP contribution in [0.5, 0.6) is 5.75 Å². The minimum absolute atomic E-state index is 0.00335. The predicted octanol–water partition coefficient (Wildman–Crippen LogP) is 1.46. The van der Waals surface area contributed by atoms with Crippen LogP contribution >= 0.6 is 0 Å². The zero-order valence-electron chi connectivity index (χ0n) is 11.6. The van der Waals surface area contributed by atoms with Crippen LogP contribution in [-0.2, 0) is 16.0 Å². The van der Waals surface area contributed by atoms with Gasteiger partial charge in [0.1, 0.15) is 6.61 Å². The molecule has 0 bridgehead atoms. The highest BCUT2D eigenvalue weighted by molar-refractivity contribution is 5.78. The smallest absolute Gasteiger partial charge is 0.341 e. The molecule has 0 aliphatic heterocycles. The van der Waals surface area contributed by atoms with Crippen molar-refractivity contribution in [3.63, 3.8) is 0 Å². The number of carbonyl (C=O) groups is 1. The van der Waals surface area contributed by atoms with Crippen molar-refractivity contribution >= 4 is 11.7 Å². The van der Waals surface area contributed by atoms with Gasteiger partial charge in [0.15, 0.2) is 11.4 Å². The Hall–Kier alpha value is -2.15. The highest BCUT2D eigenvalue weighted by atomic mass is 16.6. The standard InChI is InChI=1S/C13H17NO6/c1-4-9-5-6-11(10(7-9)14(17)18)20-8-13(2,16)12(15)19-3/h5-7,16H,4,8H2,1-3H3. The molecule has 1 aromatic rings. The second-order valence-electron chi connectivity index (χ2n) is 4.47. The van der Waals surface area contributed by atoms with E-state index in [-0.39, 0.29) is 11.4 Å². The van der Waals surface area contributed by atoms with Gasteiger partial charge < -0.3 is 14.6 Å². The molecule has 7 heteroatoms. The molecule has 1 rings (SSSR count). The van der Waals surface area contributed by atoms with Gasteiger partial charge in [-0.3, -0.25) is 10.1 Å². The number of aryl methyl sites for hydroxylation is 1. The van der Waals surface area contributed by atoms with Gasteiger partial charge in [0.2, 0.25) is 0 Å². The first kappa shape index (κ1) is 15.9. The molecule has 1 N–H and O–H groups in total. The van der Waals surface area contributed by atoms with Gasteiger partial charge in [-0.05, 0) is 25.0 Å². The van der Waals surface area contributed by atoms with Gasteiger partial charge in [0.05, 0.1) is 12.0 Å². The van der Waals surface area contributed by atoms with Crippen molar-refractivity contribution in [1.29, 1.82) is 0 Å². The fraction of sp³-hybridized carbons (Fsp3) is 0.462. The zero-order chi connectivity index (χ0) is 15.3. The van der Waals surface area contributed by atoms with Gasteiger partial charge in [-0.15, -0.1) is 0 Å². The minimum atomic E-state index is -1.87. The second-order valence-corrected chi connectivity index (χ2v) is 4.47. The van der Waals surface area contributed by atoms with E-state index >= 15 is 0 Å². The van der Waals surface area contributed by atoms with Crippen LogP contribution in [0.1, 0.15) is 19.4 Å². The SMILES string of the molecule is CCc1ccc(OCC(C)(O)C(=O)OC)c([N+](=O)[O-])c1. The number of esters is 1. The molecule has 20 heavy (non-hydrogen) atoms. The van der Waals surface area contributed by atoms with Gasteiger partial charge in [-0.25, -0.2) is 4.79 Å². The Morgan fingerprint density at radius 3 is 2.65 bits per heavy atom. The molecule has 7 nitrogen and oxygen atoms in total. The lowest BCUT2D eigenvalue weighted by Crippen LogP contribution is -2.42. The van der Waals surface area contributed by atoms with Crippen LogP contribution in [0.2, 0.25) is 0 Å². The molecule has 0 aliphatic rings. The monoisotopic (exact) mass is 283 g/mol. The Balaban J connectivity index is 2.93. The molecule has 0 spiro atoms. The third-order valence-electron chi connectivity index (χ3n) is 2.76. The summed E-state index contributed by atoms with van der Waals surface area (Å²) in [5, 5.41) is 20.8. The normalized spacial score (nSPS) is 13.4. The third kappa shape index (κ3) is 3.67. The number of nitrogens with zero attached hydrogens (tertiary/aromatic N) is 1. The first-order valence-corrected chi connectivity index (χ1v) is 6.02. The lowest BCUT2D eigenvalue weighted by Gasteiger charge is -2.20. The molecule has 0 radical (unpaired) electrons. The summed E-state index contributed by atoms with van der Waals surface area (Å²) >= 11 is 0. The molecule has 0 saturated carbocycles. The Kier molecular flexibility index (Phi) is 5.04. The van der Waals surface area contributed by atoms with Gasteiger partial charge >= 0.3 is 11.7 Å². The quantitative estimate of drug-likeness (QED) is 0.482. The maximum atomic E-state index is 11.3. The van der Waals surface area contributed by atoms with Crippen LogP contribution < -0.4 is 4.74 Å². The lowest BCUT2D eigenvalue weighted by molar-refractivity contribution is -0.386. The van der Waals surface area contributed by atoms with Crippen LogP contribution in [0.25, 0.3) is 0 Å². The largest absolute Gasteiger partial charge is 0.483 e. The third-order valence-corrected chi connectivity index (χ3v) is 2.76. The fourth-order valence-corrected chi connectivity index (χ4v) is 1.54. The molecule has 0 fully saturated rings. The Bertz CT molecular complexity index is 512.